The molecular formula is C10H9BrF3NO2. The standard InChI is InChI=1S/C10H9BrF3NO2/c1-5(2)17-9(16)8-7(11)3-6(4-15-8)10(12,13)14/h3-5H,1-2H3. The highest BCUT2D eigenvalue weighted by Crippen LogP contribution is 2.31. The molecule has 0 fully saturated rings. The first-order valence-electron chi connectivity index (χ1n) is 4.65. The zero-order chi connectivity index (χ0) is 13.2. The second-order valence-electron chi connectivity index (χ2n) is 3.51. The van der Waals surface area contributed by atoms with Gasteiger partial charge in [-0.1, -0.05) is 0 Å². The van der Waals surface area contributed by atoms with Crippen molar-refractivity contribution < 1.29 is 22.7 Å². The zero-order valence-corrected chi connectivity index (χ0v) is 10.6. The molecule has 1 aromatic heterocycles. The fourth-order valence-electron chi connectivity index (χ4n) is 1.01. The van der Waals surface area contributed by atoms with E-state index in [1.54, 1.807) is 13.8 Å². The number of nitrogens with zero attached hydrogens (tertiary/aromatic N) is 1. The van der Waals surface area contributed by atoms with Gasteiger partial charge in [-0.05, 0) is 35.8 Å². The van der Waals surface area contributed by atoms with Crippen molar-refractivity contribution in [3.63, 3.8) is 0 Å². The topological polar surface area (TPSA) is 39.2 Å². The van der Waals surface area contributed by atoms with E-state index in [0.29, 0.717) is 6.20 Å². The van der Waals surface area contributed by atoms with E-state index in [9.17, 15) is 18.0 Å². The highest BCUT2D eigenvalue weighted by molar-refractivity contribution is 9.10. The molecule has 0 atom stereocenters. The Kier molecular flexibility index (Phi) is 4.13. The Balaban J connectivity index is 3.02. The predicted octanol–water partition coefficient (Wildman–Crippen LogP) is 3.43. The van der Waals surface area contributed by atoms with Crippen LogP contribution in [0.5, 0.6) is 0 Å². The summed E-state index contributed by atoms with van der Waals surface area (Å²) in [6.45, 7) is 3.27. The summed E-state index contributed by atoms with van der Waals surface area (Å²) in [6, 6.07) is 0.796. The highest BCUT2D eigenvalue weighted by Gasteiger charge is 2.32. The van der Waals surface area contributed by atoms with Crippen molar-refractivity contribution in [1.82, 2.24) is 4.98 Å². The monoisotopic (exact) mass is 311 g/mol. The van der Waals surface area contributed by atoms with E-state index in [-0.39, 0.29) is 16.3 Å². The van der Waals surface area contributed by atoms with Gasteiger partial charge in [0.25, 0.3) is 0 Å². The van der Waals surface area contributed by atoms with Gasteiger partial charge in [-0.15, -0.1) is 0 Å². The number of carbonyl (C=O) groups excluding carboxylic acids is 1. The maximum absolute atomic E-state index is 12.3. The molecule has 0 aliphatic carbocycles. The van der Waals surface area contributed by atoms with Gasteiger partial charge in [0.05, 0.1) is 16.1 Å². The second kappa shape index (κ2) is 5.03. The van der Waals surface area contributed by atoms with E-state index >= 15 is 0 Å². The summed E-state index contributed by atoms with van der Waals surface area (Å²) < 4.78 is 41.8. The third kappa shape index (κ3) is 3.69. The molecule has 17 heavy (non-hydrogen) atoms. The van der Waals surface area contributed by atoms with Gasteiger partial charge in [0, 0.05) is 6.20 Å². The maximum Gasteiger partial charge on any atom is 0.417 e. The summed E-state index contributed by atoms with van der Waals surface area (Å²) in [4.78, 5) is 14.9. The molecule has 0 aliphatic rings. The average molecular weight is 312 g/mol. The number of hydrogen-bond donors (Lipinski definition) is 0. The van der Waals surface area contributed by atoms with Crippen molar-refractivity contribution in [1.29, 1.82) is 0 Å². The molecule has 3 nitrogen and oxygen atoms in total. The molecule has 94 valence electrons. The molecule has 1 heterocycles. The lowest BCUT2D eigenvalue weighted by Gasteiger charge is -2.10. The molecule has 0 aliphatic heterocycles. The van der Waals surface area contributed by atoms with Gasteiger partial charge in [0.1, 0.15) is 0 Å². The van der Waals surface area contributed by atoms with E-state index in [1.807, 2.05) is 0 Å². The molecule has 0 aromatic carbocycles. The molecule has 0 N–H and O–H groups in total. The first-order chi connectivity index (χ1) is 7.71. The predicted molar refractivity (Wildman–Crippen MR) is 57.5 cm³/mol. The number of rotatable bonds is 2. The van der Waals surface area contributed by atoms with Gasteiger partial charge < -0.3 is 4.74 Å². The van der Waals surface area contributed by atoms with Crippen LogP contribution in [-0.4, -0.2) is 17.1 Å². The van der Waals surface area contributed by atoms with Gasteiger partial charge in [-0.2, -0.15) is 13.2 Å². The van der Waals surface area contributed by atoms with Crippen LogP contribution in [0.15, 0.2) is 16.7 Å². The number of hydrogen-bond acceptors (Lipinski definition) is 3. The lowest BCUT2D eigenvalue weighted by atomic mass is 10.2. The van der Waals surface area contributed by atoms with Gasteiger partial charge in [-0.3, -0.25) is 0 Å². The molecule has 1 aromatic rings. The van der Waals surface area contributed by atoms with E-state index in [0.717, 1.165) is 6.07 Å². The van der Waals surface area contributed by atoms with Crippen molar-refractivity contribution in [2.45, 2.75) is 26.1 Å². The van der Waals surface area contributed by atoms with Crippen molar-refractivity contribution >= 4 is 21.9 Å². The second-order valence-corrected chi connectivity index (χ2v) is 4.36. The Morgan fingerprint density at radius 2 is 2.06 bits per heavy atom. The average Bonchev–Trinajstić information content (AvgIpc) is 2.14. The minimum atomic E-state index is -4.49. The summed E-state index contributed by atoms with van der Waals surface area (Å²) in [6.07, 6.45) is -4.25. The molecule has 0 saturated carbocycles. The van der Waals surface area contributed by atoms with Crippen molar-refractivity contribution in [3.8, 4) is 0 Å². The van der Waals surface area contributed by atoms with E-state index < -0.39 is 17.7 Å². The van der Waals surface area contributed by atoms with Gasteiger partial charge in [-0.25, -0.2) is 9.78 Å². The fraction of sp³-hybridized carbons (Fsp3) is 0.400. The molecular weight excluding hydrogens is 303 g/mol. The normalized spacial score (nSPS) is 11.7. The number of aromatic nitrogens is 1. The molecule has 0 bridgehead atoms. The van der Waals surface area contributed by atoms with Crippen LogP contribution in [0.25, 0.3) is 0 Å². The number of pyridine rings is 1. The van der Waals surface area contributed by atoms with Crippen LogP contribution < -0.4 is 0 Å². The number of ether oxygens (including phenoxy) is 1. The van der Waals surface area contributed by atoms with Crippen LogP contribution in [0.4, 0.5) is 13.2 Å². The Hall–Kier alpha value is -1.11. The molecule has 0 spiro atoms. The minimum absolute atomic E-state index is 0.0435. The molecule has 0 unspecified atom stereocenters. The molecule has 0 radical (unpaired) electrons. The van der Waals surface area contributed by atoms with Crippen LogP contribution in [0.1, 0.15) is 29.9 Å². The van der Waals surface area contributed by atoms with E-state index in [2.05, 4.69) is 20.9 Å². The van der Waals surface area contributed by atoms with Crippen LogP contribution >= 0.6 is 15.9 Å². The summed E-state index contributed by atoms with van der Waals surface area (Å²) in [7, 11) is 0. The van der Waals surface area contributed by atoms with Gasteiger partial charge in [0.2, 0.25) is 0 Å². The first-order valence-corrected chi connectivity index (χ1v) is 5.45. The quantitative estimate of drug-likeness (QED) is 0.786. The Morgan fingerprint density at radius 1 is 1.47 bits per heavy atom. The Morgan fingerprint density at radius 3 is 2.47 bits per heavy atom. The summed E-state index contributed by atoms with van der Waals surface area (Å²) in [5, 5.41) is 0. The highest BCUT2D eigenvalue weighted by atomic mass is 79.9. The lowest BCUT2D eigenvalue weighted by Crippen LogP contribution is -2.15. The SMILES string of the molecule is CC(C)OC(=O)c1ncc(C(F)(F)F)cc1Br. The number of esters is 1. The van der Waals surface area contributed by atoms with Crippen LogP contribution in [-0.2, 0) is 10.9 Å². The van der Waals surface area contributed by atoms with Crippen LogP contribution in [0.3, 0.4) is 0 Å². The zero-order valence-electron chi connectivity index (χ0n) is 9.01. The molecule has 7 heteroatoms. The molecule has 0 saturated heterocycles. The number of carbonyl (C=O) groups is 1. The van der Waals surface area contributed by atoms with Gasteiger partial charge in [0.15, 0.2) is 5.69 Å². The summed E-state index contributed by atoms with van der Waals surface area (Å²) in [5.74, 6) is -0.763. The Labute approximate surface area is 104 Å². The smallest absolute Gasteiger partial charge is 0.417 e. The third-order valence-electron chi connectivity index (χ3n) is 1.70. The van der Waals surface area contributed by atoms with Crippen LogP contribution in [0, 0.1) is 0 Å². The van der Waals surface area contributed by atoms with E-state index in [1.165, 1.54) is 0 Å². The molecule has 0 amide bonds. The maximum atomic E-state index is 12.3. The number of alkyl halides is 3. The first kappa shape index (κ1) is 14.0. The van der Waals surface area contributed by atoms with Crippen molar-refractivity contribution in [3.05, 3.63) is 28.0 Å². The number of halogens is 4. The molecule has 1 rings (SSSR count). The van der Waals surface area contributed by atoms with E-state index in [4.69, 9.17) is 4.74 Å². The summed E-state index contributed by atoms with van der Waals surface area (Å²) in [5.41, 5.74) is -1.10. The van der Waals surface area contributed by atoms with Gasteiger partial charge >= 0.3 is 12.1 Å². The largest absolute Gasteiger partial charge is 0.458 e. The van der Waals surface area contributed by atoms with Crippen LogP contribution in [0.2, 0.25) is 0 Å². The van der Waals surface area contributed by atoms with Crippen molar-refractivity contribution in [2.24, 2.45) is 0 Å². The van der Waals surface area contributed by atoms with Crippen molar-refractivity contribution in [2.75, 3.05) is 0 Å². The fourth-order valence-corrected chi connectivity index (χ4v) is 1.52. The lowest BCUT2D eigenvalue weighted by molar-refractivity contribution is -0.137. The Bertz CT molecular complexity index is 432. The summed E-state index contributed by atoms with van der Waals surface area (Å²) >= 11 is 2.87. The third-order valence-corrected chi connectivity index (χ3v) is 2.31. The minimum Gasteiger partial charge on any atom is -0.458 e.